The number of nitrogens with one attached hydrogen (secondary N) is 1. The molecule has 2 aromatic rings. The van der Waals surface area contributed by atoms with E-state index < -0.39 is 0 Å². The molecular formula is C21H21NO3. The summed E-state index contributed by atoms with van der Waals surface area (Å²) in [6, 6.07) is 14.8. The summed E-state index contributed by atoms with van der Waals surface area (Å²) < 4.78 is 10.9. The molecule has 0 spiro atoms. The molecule has 4 heteroatoms. The van der Waals surface area contributed by atoms with Gasteiger partial charge in [0.05, 0.1) is 7.11 Å². The number of carbonyl (C=O) groups is 1. The molecule has 0 atom stereocenters. The van der Waals surface area contributed by atoms with Crippen molar-refractivity contribution in [1.29, 1.82) is 0 Å². The zero-order valence-corrected chi connectivity index (χ0v) is 14.4. The zero-order chi connectivity index (χ0) is 17.9. The number of amides is 1. The Bertz CT molecular complexity index is 786. The van der Waals surface area contributed by atoms with E-state index >= 15 is 0 Å². The predicted molar refractivity (Wildman–Crippen MR) is 101 cm³/mol. The number of hydrogen-bond donors (Lipinski definition) is 1. The highest BCUT2D eigenvalue weighted by atomic mass is 16.5. The van der Waals surface area contributed by atoms with Gasteiger partial charge in [-0.15, -0.1) is 5.92 Å². The fourth-order valence-electron chi connectivity index (χ4n) is 2.08. The van der Waals surface area contributed by atoms with Gasteiger partial charge in [-0.25, -0.2) is 0 Å². The van der Waals surface area contributed by atoms with E-state index in [1.165, 1.54) is 6.08 Å². The first-order valence-corrected chi connectivity index (χ1v) is 8.03. The van der Waals surface area contributed by atoms with E-state index in [1.807, 2.05) is 49.4 Å². The van der Waals surface area contributed by atoms with Crippen molar-refractivity contribution >= 4 is 17.7 Å². The lowest BCUT2D eigenvalue weighted by Crippen LogP contribution is -2.07. The van der Waals surface area contributed by atoms with E-state index in [1.54, 1.807) is 19.3 Å². The predicted octanol–water partition coefficient (Wildman–Crippen LogP) is 4.14. The van der Waals surface area contributed by atoms with Gasteiger partial charge in [-0.2, -0.15) is 0 Å². The van der Waals surface area contributed by atoms with Crippen molar-refractivity contribution in [2.24, 2.45) is 0 Å². The smallest absolute Gasteiger partial charge is 0.248 e. The SMILES string of the molecule is CCC#CCOc1cc(/C=C/C(=O)Nc2ccccc2)ccc1OC. The molecule has 0 aliphatic rings. The standard InChI is InChI=1S/C21H21NO3/c1-3-4-8-15-25-20-16-17(11-13-19(20)24-2)12-14-21(23)22-18-9-6-5-7-10-18/h5-7,9-14,16H,3,15H2,1-2H3,(H,22,23)/b14-12+. The van der Waals surface area contributed by atoms with Crippen LogP contribution in [-0.2, 0) is 4.79 Å². The van der Waals surface area contributed by atoms with E-state index in [-0.39, 0.29) is 5.91 Å². The second-order valence-electron chi connectivity index (χ2n) is 5.09. The van der Waals surface area contributed by atoms with Crippen molar-refractivity contribution in [3.63, 3.8) is 0 Å². The molecule has 1 amide bonds. The van der Waals surface area contributed by atoms with Crippen LogP contribution < -0.4 is 14.8 Å². The van der Waals surface area contributed by atoms with Crippen LogP contribution in [0.4, 0.5) is 5.69 Å². The maximum atomic E-state index is 12.0. The number of rotatable bonds is 6. The van der Waals surface area contributed by atoms with E-state index in [4.69, 9.17) is 9.47 Å². The average molecular weight is 335 g/mol. The molecule has 2 aromatic carbocycles. The van der Waals surface area contributed by atoms with Gasteiger partial charge in [0.15, 0.2) is 11.5 Å². The van der Waals surface area contributed by atoms with Gasteiger partial charge in [-0.3, -0.25) is 4.79 Å². The van der Waals surface area contributed by atoms with E-state index in [0.717, 1.165) is 17.7 Å². The second-order valence-corrected chi connectivity index (χ2v) is 5.09. The fraction of sp³-hybridized carbons (Fsp3) is 0.190. The summed E-state index contributed by atoms with van der Waals surface area (Å²) in [5.41, 5.74) is 1.59. The Morgan fingerprint density at radius 2 is 1.92 bits per heavy atom. The summed E-state index contributed by atoms with van der Waals surface area (Å²) in [6.07, 6.45) is 4.00. The van der Waals surface area contributed by atoms with E-state index in [2.05, 4.69) is 17.2 Å². The van der Waals surface area contributed by atoms with Gasteiger partial charge in [0.2, 0.25) is 5.91 Å². The van der Waals surface area contributed by atoms with Crippen molar-refractivity contribution in [3.05, 3.63) is 60.2 Å². The van der Waals surface area contributed by atoms with Gasteiger partial charge < -0.3 is 14.8 Å². The monoisotopic (exact) mass is 335 g/mol. The van der Waals surface area contributed by atoms with Crippen LogP contribution >= 0.6 is 0 Å². The number of methoxy groups -OCH3 is 1. The van der Waals surface area contributed by atoms with Crippen LogP contribution in [0.2, 0.25) is 0 Å². The number of ether oxygens (including phenoxy) is 2. The molecule has 4 nitrogen and oxygen atoms in total. The highest BCUT2D eigenvalue weighted by molar-refractivity contribution is 6.01. The number of para-hydroxylation sites is 1. The number of anilines is 1. The molecule has 0 saturated heterocycles. The Balaban J connectivity index is 2.04. The topological polar surface area (TPSA) is 47.6 Å². The molecule has 0 bridgehead atoms. The molecule has 2 rings (SSSR count). The van der Waals surface area contributed by atoms with Crippen LogP contribution in [0.15, 0.2) is 54.6 Å². The molecule has 0 fully saturated rings. The van der Waals surface area contributed by atoms with Crippen molar-refractivity contribution in [2.75, 3.05) is 19.0 Å². The Labute approximate surface area is 148 Å². The number of benzene rings is 2. The summed E-state index contributed by atoms with van der Waals surface area (Å²) in [6.45, 7) is 2.28. The third-order valence-corrected chi connectivity index (χ3v) is 3.26. The van der Waals surface area contributed by atoms with E-state index in [0.29, 0.717) is 18.1 Å². The van der Waals surface area contributed by atoms with Gasteiger partial charge in [0.25, 0.3) is 0 Å². The summed E-state index contributed by atoms with van der Waals surface area (Å²) in [5, 5.41) is 2.80. The van der Waals surface area contributed by atoms with Gasteiger partial charge in [0, 0.05) is 18.2 Å². The molecule has 0 aromatic heterocycles. The number of hydrogen-bond acceptors (Lipinski definition) is 3. The molecule has 128 valence electrons. The van der Waals surface area contributed by atoms with Crippen molar-refractivity contribution < 1.29 is 14.3 Å². The van der Waals surface area contributed by atoms with Gasteiger partial charge >= 0.3 is 0 Å². The fourth-order valence-corrected chi connectivity index (χ4v) is 2.08. The maximum absolute atomic E-state index is 12.0. The quantitative estimate of drug-likeness (QED) is 0.637. The minimum atomic E-state index is -0.196. The van der Waals surface area contributed by atoms with Gasteiger partial charge in [-0.1, -0.05) is 37.1 Å². The lowest BCUT2D eigenvalue weighted by Gasteiger charge is -2.09. The molecule has 0 aliphatic heterocycles. The summed E-state index contributed by atoms with van der Waals surface area (Å²) >= 11 is 0. The molecule has 0 aliphatic carbocycles. The van der Waals surface area contributed by atoms with Crippen molar-refractivity contribution in [1.82, 2.24) is 0 Å². The Hall–Kier alpha value is -3.19. The van der Waals surface area contributed by atoms with Crippen molar-refractivity contribution in [3.8, 4) is 23.3 Å². The van der Waals surface area contributed by atoms with Crippen LogP contribution in [0, 0.1) is 11.8 Å². The molecule has 0 heterocycles. The molecule has 0 unspecified atom stereocenters. The highest BCUT2D eigenvalue weighted by Gasteiger charge is 2.04. The third-order valence-electron chi connectivity index (χ3n) is 3.26. The Morgan fingerprint density at radius 3 is 2.64 bits per heavy atom. The van der Waals surface area contributed by atoms with Crippen LogP contribution in [0.1, 0.15) is 18.9 Å². The molecule has 0 radical (unpaired) electrons. The van der Waals surface area contributed by atoms with Crippen LogP contribution in [0.5, 0.6) is 11.5 Å². The lowest BCUT2D eigenvalue weighted by molar-refractivity contribution is -0.111. The normalized spacial score (nSPS) is 10.0. The summed E-state index contributed by atoms with van der Waals surface area (Å²) in [7, 11) is 1.59. The van der Waals surface area contributed by atoms with E-state index in [9.17, 15) is 4.79 Å². The minimum absolute atomic E-state index is 0.196. The molecule has 0 saturated carbocycles. The van der Waals surface area contributed by atoms with Gasteiger partial charge in [0.1, 0.15) is 6.61 Å². The maximum Gasteiger partial charge on any atom is 0.248 e. The Morgan fingerprint density at radius 1 is 1.12 bits per heavy atom. The van der Waals surface area contributed by atoms with Crippen LogP contribution in [-0.4, -0.2) is 19.6 Å². The van der Waals surface area contributed by atoms with Crippen LogP contribution in [0.25, 0.3) is 6.08 Å². The van der Waals surface area contributed by atoms with Crippen LogP contribution in [0.3, 0.4) is 0 Å². The summed E-state index contributed by atoms with van der Waals surface area (Å²) in [5.74, 6) is 6.90. The average Bonchev–Trinajstić information content (AvgIpc) is 2.64. The lowest BCUT2D eigenvalue weighted by atomic mass is 10.2. The Kier molecular flexibility index (Phi) is 7.14. The first-order chi connectivity index (χ1) is 12.2. The van der Waals surface area contributed by atoms with Crippen molar-refractivity contribution in [2.45, 2.75) is 13.3 Å². The minimum Gasteiger partial charge on any atom is -0.493 e. The largest absolute Gasteiger partial charge is 0.493 e. The molecule has 1 N–H and O–H groups in total. The number of carbonyl (C=O) groups excluding carboxylic acids is 1. The first kappa shape index (κ1) is 18.2. The third kappa shape index (κ3) is 6.08. The van der Waals surface area contributed by atoms with Gasteiger partial charge in [-0.05, 0) is 35.9 Å². The molecule has 25 heavy (non-hydrogen) atoms. The second kappa shape index (κ2) is 9.84. The molecular weight excluding hydrogens is 314 g/mol. The first-order valence-electron chi connectivity index (χ1n) is 8.03. The summed E-state index contributed by atoms with van der Waals surface area (Å²) in [4.78, 5) is 12.0. The zero-order valence-electron chi connectivity index (χ0n) is 14.4. The highest BCUT2D eigenvalue weighted by Crippen LogP contribution is 2.28.